The van der Waals surface area contributed by atoms with Crippen LogP contribution in [0.1, 0.15) is 43.0 Å². The SMILES string of the molecule is CC1(C)CC(=O)C2=C(C1)N(c1cc(C(F)(F)F)ccc1Cl)C(N)=C(C#N)[C@@H]2c1cc(Br)cs1. The number of Topliss-reactive ketones (excluding diaryl/α,β-unsaturated/α-hetero) is 1. The molecule has 1 atom stereocenters. The van der Waals surface area contributed by atoms with Gasteiger partial charge in [-0.05, 0) is 52.0 Å². The van der Waals surface area contributed by atoms with E-state index >= 15 is 0 Å². The molecule has 0 radical (unpaired) electrons. The van der Waals surface area contributed by atoms with Gasteiger partial charge < -0.3 is 5.73 Å². The van der Waals surface area contributed by atoms with Crippen LogP contribution in [0.2, 0.25) is 5.02 Å². The Hall–Kier alpha value is -2.28. The molecule has 0 saturated carbocycles. The largest absolute Gasteiger partial charge is 0.416 e. The number of nitriles is 1. The quantitative estimate of drug-likeness (QED) is 0.427. The maximum absolute atomic E-state index is 13.5. The van der Waals surface area contributed by atoms with E-state index in [1.807, 2.05) is 25.3 Å². The Balaban J connectivity index is 2.03. The summed E-state index contributed by atoms with van der Waals surface area (Å²) in [5, 5.41) is 11.9. The topological polar surface area (TPSA) is 70.1 Å². The van der Waals surface area contributed by atoms with E-state index in [0.29, 0.717) is 17.7 Å². The zero-order valence-corrected chi connectivity index (χ0v) is 20.7. The van der Waals surface area contributed by atoms with Crippen molar-refractivity contribution in [3.63, 3.8) is 0 Å². The van der Waals surface area contributed by atoms with Gasteiger partial charge in [-0.1, -0.05) is 25.4 Å². The Kier molecular flexibility index (Phi) is 5.92. The fraction of sp³-hybridized carbons (Fsp3) is 0.304. The maximum atomic E-state index is 13.5. The monoisotopic (exact) mass is 555 g/mol. The normalized spacial score (nSPS) is 20.7. The van der Waals surface area contributed by atoms with Gasteiger partial charge in [0.1, 0.15) is 5.82 Å². The van der Waals surface area contributed by atoms with Crippen LogP contribution in [0.3, 0.4) is 0 Å². The number of halogens is 5. The molecule has 4 nitrogen and oxygen atoms in total. The molecule has 2 aliphatic rings. The lowest BCUT2D eigenvalue weighted by Crippen LogP contribution is -2.42. The fourth-order valence-electron chi connectivity index (χ4n) is 4.41. The first-order chi connectivity index (χ1) is 15.3. The van der Waals surface area contributed by atoms with Crippen molar-refractivity contribution >= 4 is 50.3 Å². The lowest BCUT2D eigenvalue weighted by Gasteiger charge is -2.43. The molecule has 0 amide bonds. The highest BCUT2D eigenvalue weighted by Gasteiger charge is 2.45. The van der Waals surface area contributed by atoms with E-state index in [4.69, 9.17) is 17.3 Å². The van der Waals surface area contributed by atoms with Gasteiger partial charge in [0.2, 0.25) is 0 Å². The number of allylic oxidation sites excluding steroid dienone is 3. The van der Waals surface area contributed by atoms with E-state index in [1.165, 1.54) is 16.2 Å². The van der Waals surface area contributed by atoms with Crippen molar-refractivity contribution in [2.45, 2.75) is 38.8 Å². The highest BCUT2D eigenvalue weighted by Crippen LogP contribution is 2.52. The van der Waals surface area contributed by atoms with Gasteiger partial charge in [-0.3, -0.25) is 9.69 Å². The molecule has 1 aromatic carbocycles. The number of alkyl halides is 3. The zero-order valence-electron chi connectivity index (χ0n) is 17.6. The van der Waals surface area contributed by atoms with Crippen LogP contribution in [-0.2, 0) is 11.0 Å². The molecule has 4 rings (SSSR count). The standard InChI is InChI=1S/C23H18BrClF3N3OS/c1-22(2)7-16-20(17(32)8-22)19(18-6-12(24)10-33-18)13(9-29)21(30)31(16)15-5-11(23(26,27)28)3-4-14(15)25/h3-6,10,19H,7-8,30H2,1-2H3/t19-/m1/s1. The second-order valence-electron chi connectivity index (χ2n) is 8.81. The molecule has 2 N–H and O–H groups in total. The second-order valence-corrected chi connectivity index (χ2v) is 11.1. The summed E-state index contributed by atoms with van der Waals surface area (Å²) in [7, 11) is 0. The molecule has 0 fully saturated rings. The highest BCUT2D eigenvalue weighted by molar-refractivity contribution is 9.10. The van der Waals surface area contributed by atoms with Crippen LogP contribution in [0.25, 0.3) is 0 Å². The molecule has 10 heteroatoms. The predicted octanol–water partition coefficient (Wildman–Crippen LogP) is 7.12. The smallest absolute Gasteiger partial charge is 0.384 e. The van der Waals surface area contributed by atoms with Crippen molar-refractivity contribution in [2.24, 2.45) is 11.1 Å². The number of carbonyl (C=O) groups excluding carboxylic acids is 1. The summed E-state index contributed by atoms with van der Waals surface area (Å²) in [6.45, 7) is 3.83. The fourth-order valence-corrected chi connectivity index (χ4v) is 6.17. The van der Waals surface area contributed by atoms with Crippen LogP contribution >= 0.6 is 38.9 Å². The Labute approximate surface area is 206 Å². The van der Waals surface area contributed by atoms with Crippen LogP contribution in [0.4, 0.5) is 18.9 Å². The van der Waals surface area contributed by atoms with E-state index in [1.54, 1.807) is 0 Å². The third-order valence-electron chi connectivity index (χ3n) is 5.77. The van der Waals surface area contributed by atoms with E-state index in [9.17, 15) is 23.2 Å². The van der Waals surface area contributed by atoms with E-state index < -0.39 is 23.1 Å². The molecule has 33 heavy (non-hydrogen) atoms. The van der Waals surface area contributed by atoms with E-state index in [2.05, 4.69) is 22.0 Å². The number of ketones is 1. The molecule has 1 aliphatic heterocycles. The number of hydrogen-bond donors (Lipinski definition) is 1. The van der Waals surface area contributed by atoms with Gasteiger partial charge in [0.15, 0.2) is 5.78 Å². The molecule has 0 bridgehead atoms. The number of anilines is 1. The molecule has 2 aromatic rings. The van der Waals surface area contributed by atoms with Crippen LogP contribution < -0.4 is 10.6 Å². The third kappa shape index (κ3) is 4.20. The van der Waals surface area contributed by atoms with Crippen LogP contribution in [0, 0.1) is 16.7 Å². The molecule has 0 spiro atoms. The van der Waals surface area contributed by atoms with Gasteiger partial charge in [-0.15, -0.1) is 11.3 Å². The molecular formula is C23H18BrClF3N3OS. The Bertz CT molecular complexity index is 1270. The van der Waals surface area contributed by atoms with Crippen molar-refractivity contribution in [2.75, 3.05) is 4.90 Å². The number of hydrogen-bond acceptors (Lipinski definition) is 5. The van der Waals surface area contributed by atoms with Crippen LogP contribution in [0.15, 0.2) is 56.8 Å². The summed E-state index contributed by atoms with van der Waals surface area (Å²) in [6, 6.07) is 6.87. The Morgan fingerprint density at radius 1 is 1.30 bits per heavy atom. The number of nitrogens with two attached hydrogens (primary N) is 1. The summed E-state index contributed by atoms with van der Waals surface area (Å²) in [6.07, 6.45) is -3.98. The number of benzene rings is 1. The average molecular weight is 557 g/mol. The van der Waals surface area contributed by atoms with Crippen molar-refractivity contribution in [1.29, 1.82) is 5.26 Å². The Morgan fingerprint density at radius 2 is 2.00 bits per heavy atom. The van der Waals surface area contributed by atoms with Crippen molar-refractivity contribution in [3.8, 4) is 6.07 Å². The number of rotatable bonds is 2. The lowest BCUT2D eigenvalue weighted by molar-refractivity contribution is -0.137. The van der Waals surface area contributed by atoms with E-state index in [-0.39, 0.29) is 34.3 Å². The highest BCUT2D eigenvalue weighted by atomic mass is 79.9. The number of thiophene rings is 1. The van der Waals surface area contributed by atoms with Gasteiger partial charge >= 0.3 is 6.18 Å². The van der Waals surface area contributed by atoms with Crippen LogP contribution in [-0.4, -0.2) is 5.78 Å². The summed E-state index contributed by atoms with van der Waals surface area (Å²) < 4.78 is 41.3. The van der Waals surface area contributed by atoms with Crippen molar-refractivity contribution < 1.29 is 18.0 Å². The summed E-state index contributed by atoms with van der Waals surface area (Å²) in [5.74, 6) is -0.882. The lowest BCUT2D eigenvalue weighted by atomic mass is 9.69. The van der Waals surface area contributed by atoms with Gasteiger partial charge in [0.25, 0.3) is 0 Å². The third-order valence-corrected chi connectivity index (χ3v) is 7.85. The summed E-state index contributed by atoms with van der Waals surface area (Å²) in [5.41, 5.74) is 6.05. The van der Waals surface area contributed by atoms with Gasteiger partial charge in [-0.25, -0.2) is 0 Å². The van der Waals surface area contributed by atoms with Crippen molar-refractivity contribution in [1.82, 2.24) is 0 Å². The minimum atomic E-state index is -4.60. The Morgan fingerprint density at radius 3 is 2.58 bits per heavy atom. The first-order valence-electron chi connectivity index (χ1n) is 9.91. The molecule has 1 aromatic heterocycles. The molecule has 0 unspecified atom stereocenters. The average Bonchev–Trinajstić information content (AvgIpc) is 3.12. The molecular weight excluding hydrogens is 539 g/mol. The summed E-state index contributed by atoms with van der Waals surface area (Å²) in [4.78, 5) is 15.5. The molecule has 0 saturated heterocycles. The maximum Gasteiger partial charge on any atom is 0.416 e. The zero-order chi connectivity index (χ0) is 24.3. The number of nitrogens with zero attached hydrogens (tertiary/aromatic N) is 2. The number of carbonyl (C=O) groups is 1. The molecule has 172 valence electrons. The van der Waals surface area contributed by atoms with Gasteiger partial charge in [-0.2, -0.15) is 18.4 Å². The first kappa shape index (κ1) is 23.9. The molecule has 2 heterocycles. The van der Waals surface area contributed by atoms with E-state index in [0.717, 1.165) is 27.5 Å². The minimum Gasteiger partial charge on any atom is -0.384 e. The predicted molar refractivity (Wildman–Crippen MR) is 126 cm³/mol. The minimum absolute atomic E-state index is 0.0134. The summed E-state index contributed by atoms with van der Waals surface area (Å²) >= 11 is 11.1. The first-order valence-corrected chi connectivity index (χ1v) is 12.0. The van der Waals surface area contributed by atoms with Gasteiger partial charge in [0, 0.05) is 32.4 Å². The molecule has 1 aliphatic carbocycles. The van der Waals surface area contributed by atoms with Gasteiger partial charge in [0.05, 0.1) is 33.8 Å². The van der Waals surface area contributed by atoms with Crippen LogP contribution in [0.5, 0.6) is 0 Å². The second kappa shape index (κ2) is 8.19. The van der Waals surface area contributed by atoms with Crippen molar-refractivity contribution in [3.05, 3.63) is 72.2 Å².